The zero-order valence-electron chi connectivity index (χ0n) is 11.8. The van der Waals surface area contributed by atoms with E-state index in [0.717, 1.165) is 44.7 Å². The maximum absolute atomic E-state index is 9.30. The summed E-state index contributed by atoms with van der Waals surface area (Å²) in [4.78, 5) is 4.68. The third kappa shape index (κ3) is 2.94. The van der Waals surface area contributed by atoms with E-state index in [1.54, 1.807) is 0 Å². The molecule has 0 bridgehead atoms. The molecule has 1 aliphatic heterocycles. The molecule has 1 aromatic heterocycles. The van der Waals surface area contributed by atoms with Crippen molar-refractivity contribution >= 4 is 5.82 Å². The lowest BCUT2D eigenvalue weighted by Crippen LogP contribution is -2.27. The van der Waals surface area contributed by atoms with Crippen LogP contribution >= 0.6 is 0 Å². The normalized spacial score (nSPS) is 21.9. The molecule has 1 saturated heterocycles. The molecule has 1 N–H and O–H groups in total. The second-order valence-corrected chi connectivity index (χ2v) is 5.68. The van der Waals surface area contributed by atoms with Gasteiger partial charge in [-0.3, -0.25) is 0 Å². The quantitative estimate of drug-likeness (QED) is 0.918. The monoisotopic (exact) mass is 271 g/mol. The van der Waals surface area contributed by atoms with Crippen LogP contribution in [0.1, 0.15) is 48.9 Å². The molecule has 0 aromatic carbocycles. The average Bonchev–Trinajstić information content (AvgIpc) is 2.53. The molecule has 0 amide bonds. The van der Waals surface area contributed by atoms with Crippen LogP contribution in [-0.4, -0.2) is 24.2 Å². The molecule has 3 rings (SSSR count). The zero-order chi connectivity index (χ0) is 13.8. The van der Waals surface area contributed by atoms with E-state index in [2.05, 4.69) is 16.4 Å². The number of nitrogens with one attached hydrogen (secondary N) is 1. The first-order chi connectivity index (χ1) is 9.86. The third-order valence-corrected chi connectivity index (χ3v) is 4.19. The largest absolute Gasteiger partial charge is 0.376 e. The first kappa shape index (κ1) is 13.4. The fourth-order valence-corrected chi connectivity index (χ4v) is 3.03. The number of aryl methyl sites for hydroxylation is 2. The molecule has 2 aliphatic rings. The van der Waals surface area contributed by atoms with E-state index >= 15 is 0 Å². The lowest BCUT2D eigenvalue weighted by atomic mass is 9.95. The summed E-state index contributed by atoms with van der Waals surface area (Å²) < 4.78 is 5.71. The lowest BCUT2D eigenvalue weighted by Gasteiger charge is -2.24. The van der Waals surface area contributed by atoms with Crippen molar-refractivity contribution < 1.29 is 4.74 Å². The number of rotatable bonds is 3. The first-order valence-electron chi connectivity index (χ1n) is 7.65. The molecule has 20 heavy (non-hydrogen) atoms. The molecule has 106 valence electrons. The number of hydrogen-bond acceptors (Lipinski definition) is 4. The van der Waals surface area contributed by atoms with Crippen molar-refractivity contribution in [3.05, 3.63) is 22.9 Å². The van der Waals surface area contributed by atoms with Gasteiger partial charge in [0.2, 0.25) is 0 Å². The van der Waals surface area contributed by atoms with E-state index in [4.69, 9.17) is 4.74 Å². The van der Waals surface area contributed by atoms with Crippen molar-refractivity contribution in [3.63, 3.8) is 0 Å². The summed E-state index contributed by atoms with van der Waals surface area (Å²) in [6, 6.07) is 4.29. The number of pyridine rings is 1. The van der Waals surface area contributed by atoms with Gasteiger partial charge in [0.1, 0.15) is 11.9 Å². The highest BCUT2D eigenvalue weighted by Gasteiger charge is 2.17. The second-order valence-electron chi connectivity index (χ2n) is 5.68. The first-order valence-corrected chi connectivity index (χ1v) is 7.65. The Morgan fingerprint density at radius 2 is 2.20 bits per heavy atom. The van der Waals surface area contributed by atoms with Crippen LogP contribution in [0, 0.1) is 11.3 Å². The van der Waals surface area contributed by atoms with Crippen LogP contribution in [0.25, 0.3) is 0 Å². The van der Waals surface area contributed by atoms with Gasteiger partial charge < -0.3 is 10.1 Å². The van der Waals surface area contributed by atoms with Gasteiger partial charge >= 0.3 is 0 Å². The molecule has 0 saturated carbocycles. The number of fused-ring (bicyclic) bond motifs is 1. The summed E-state index contributed by atoms with van der Waals surface area (Å²) in [6.07, 6.45) is 8.26. The van der Waals surface area contributed by atoms with Crippen LogP contribution in [-0.2, 0) is 17.6 Å². The molecule has 4 heteroatoms. The number of anilines is 1. The molecule has 1 atom stereocenters. The van der Waals surface area contributed by atoms with Gasteiger partial charge in [0.05, 0.1) is 11.7 Å². The van der Waals surface area contributed by atoms with Crippen molar-refractivity contribution in [1.82, 2.24) is 4.98 Å². The Balaban J connectivity index is 1.72. The van der Waals surface area contributed by atoms with Crippen molar-refractivity contribution in [3.8, 4) is 6.07 Å². The van der Waals surface area contributed by atoms with Crippen LogP contribution < -0.4 is 5.32 Å². The predicted molar refractivity (Wildman–Crippen MR) is 77.7 cm³/mol. The molecular weight excluding hydrogens is 250 g/mol. The molecule has 1 aliphatic carbocycles. The minimum Gasteiger partial charge on any atom is -0.376 e. The summed E-state index contributed by atoms with van der Waals surface area (Å²) in [7, 11) is 0. The van der Waals surface area contributed by atoms with E-state index in [9.17, 15) is 5.26 Å². The van der Waals surface area contributed by atoms with E-state index in [1.807, 2.05) is 6.07 Å². The van der Waals surface area contributed by atoms with Crippen molar-refractivity contribution in [2.24, 2.45) is 0 Å². The van der Waals surface area contributed by atoms with Crippen LogP contribution in [0.3, 0.4) is 0 Å². The summed E-state index contributed by atoms with van der Waals surface area (Å²) in [5.41, 5.74) is 3.09. The van der Waals surface area contributed by atoms with Gasteiger partial charge in [0.25, 0.3) is 0 Å². The van der Waals surface area contributed by atoms with Crippen molar-refractivity contribution in [2.45, 2.75) is 51.0 Å². The number of aromatic nitrogens is 1. The molecule has 1 unspecified atom stereocenters. The number of nitriles is 1. The van der Waals surface area contributed by atoms with Crippen molar-refractivity contribution in [2.75, 3.05) is 18.5 Å². The topological polar surface area (TPSA) is 57.9 Å². The summed E-state index contributed by atoms with van der Waals surface area (Å²) in [5.74, 6) is 0.738. The third-order valence-electron chi connectivity index (χ3n) is 4.19. The van der Waals surface area contributed by atoms with Crippen LogP contribution in [0.4, 0.5) is 5.82 Å². The van der Waals surface area contributed by atoms with Gasteiger partial charge in [-0.1, -0.05) is 0 Å². The van der Waals surface area contributed by atoms with E-state index in [0.29, 0.717) is 5.56 Å². The highest BCUT2D eigenvalue weighted by Crippen LogP contribution is 2.24. The average molecular weight is 271 g/mol. The molecule has 4 nitrogen and oxygen atoms in total. The molecule has 1 aromatic rings. The minimum absolute atomic E-state index is 0.258. The molecule has 1 fully saturated rings. The van der Waals surface area contributed by atoms with Crippen LogP contribution in [0.15, 0.2) is 6.07 Å². The maximum atomic E-state index is 9.30. The standard InChI is InChI=1S/C16H21N3O/c17-10-13-9-12-5-1-2-7-15(12)19-16(13)18-11-14-6-3-4-8-20-14/h9,14H,1-8,11H2,(H,18,19). The Morgan fingerprint density at radius 1 is 1.30 bits per heavy atom. The fraction of sp³-hybridized carbons (Fsp3) is 0.625. The lowest BCUT2D eigenvalue weighted by molar-refractivity contribution is 0.0247. The Morgan fingerprint density at radius 3 is 3.00 bits per heavy atom. The second kappa shape index (κ2) is 6.23. The zero-order valence-corrected chi connectivity index (χ0v) is 11.8. The van der Waals surface area contributed by atoms with E-state index in [-0.39, 0.29) is 6.10 Å². The van der Waals surface area contributed by atoms with Gasteiger partial charge in [-0.15, -0.1) is 0 Å². The van der Waals surface area contributed by atoms with Crippen LogP contribution in [0.2, 0.25) is 0 Å². The predicted octanol–water partition coefficient (Wildman–Crippen LogP) is 2.81. The number of nitrogens with zero attached hydrogens (tertiary/aromatic N) is 2. The minimum atomic E-state index is 0.258. The Kier molecular flexibility index (Phi) is 4.17. The summed E-state index contributed by atoms with van der Waals surface area (Å²) >= 11 is 0. The molecular formula is C16H21N3O. The Hall–Kier alpha value is -1.60. The van der Waals surface area contributed by atoms with Gasteiger partial charge in [0, 0.05) is 18.8 Å². The number of hydrogen-bond donors (Lipinski definition) is 1. The molecule has 0 spiro atoms. The van der Waals surface area contributed by atoms with Gasteiger partial charge in [-0.2, -0.15) is 5.26 Å². The Bertz CT molecular complexity index is 515. The Labute approximate surface area is 120 Å². The van der Waals surface area contributed by atoms with E-state index in [1.165, 1.54) is 30.5 Å². The maximum Gasteiger partial charge on any atom is 0.144 e. The van der Waals surface area contributed by atoms with Gasteiger partial charge in [0.15, 0.2) is 0 Å². The van der Waals surface area contributed by atoms with Crippen molar-refractivity contribution in [1.29, 1.82) is 5.26 Å². The fourth-order valence-electron chi connectivity index (χ4n) is 3.03. The smallest absolute Gasteiger partial charge is 0.144 e. The molecule has 2 heterocycles. The van der Waals surface area contributed by atoms with Gasteiger partial charge in [-0.05, 0) is 56.6 Å². The SMILES string of the molecule is N#Cc1cc2c(nc1NCC1CCCCO1)CCCC2. The highest BCUT2D eigenvalue weighted by molar-refractivity contribution is 5.54. The van der Waals surface area contributed by atoms with Gasteiger partial charge in [-0.25, -0.2) is 4.98 Å². The van der Waals surface area contributed by atoms with Crippen LogP contribution in [0.5, 0.6) is 0 Å². The summed E-state index contributed by atoms with van der Waals surface area (Å²) in [5, 5.41) is 12.6. The number of ether oxygens (including phenoxy) is 1. The van der Waals surface area contributed by atoms with E-state index < -0.39 is 0 Å². The summed E-state index contributed by atoms with van der Waals surface area (Å²) in [6.45, 7) is 1.61. The highest BCUT2D eigenvalue weighted by atomic mass is 16.5. The molecule has 0 radical (unpaired) electrons.